The molecule has 2 N–H and O–H groups in total. The van der Waals surface area contributed by atoms with E-state index in [4.69, 9.17) is 4.74 Å². The van der Waals surface area contributed by atoms with Crippen LogP contribution < -0.4 is 15.5 Å². The minimum absolute atomic E-state index is 0.167. The van der Waals surface area contributed by atoms with Crippen molar-refractivity contribution in [1.29, 1.82) is 0 Å². The highest BCUT2D eigenvalue weighted by molar-refractivity contribution is 5.91. The minimum atomic E-state index is -0.470. The monoisotopic (exact) mass is 432 g/mol. The maximum Gasteiger partial charge on any atom is 0.325 e. The molecule has 1 aromatic carbocycles. The van der Waals surface area contributed by atoms with Gasteiger partial charge in [-0.15, -0.1) is 0 Å². The highest BCUT2D eigenvalue weighted by Gasteiger charge is 2.21. The number of nitrogens with zero attached hydrogens (tertiary/aromatic N) is 2. The molecule has 1 fully saturated rings. The van der Waals surface area contributed by atoms with Gasteiger partial charge in [-0.3, -0.25) is 9.59 Å². The number of hydrogen-bond acceptors (Lipinski definition) is 5. The van der Waals surface area contributed by atoms with Crippen LogP contribution in [0.25, 0.3) is 0 Å². The summed E-state index contributed by atoms with van der Waals surface area (Å²) in [6.07, 6.45) is 6.47. The molecule has 0 aromatic heterocycles. The number of esters is 1. The number of carbonyl (C=O) groups excluding carboxylic acids is 3. The van der Waals surface area contributed by atoms with Crippen molar-refractivity contribution in [1.82, 2.24) is 10.2 Å². The fourth-order valence-corrected chi connectivity index (χ4v) is 3.55. The molecule has 0 spiro atoms. The van der Waals surface area contributed by atoms with Crippen LogP contribution in [0, 0.1) is 0 Å². The smallest absolute Gasteiger partial charge is 0.325 e. The molecule has 1 heterocycles. The Morgan fingerprint density at radius 3 is 2.26 bits per heavy atom. The summed E-state index contributed by atoms with van der Waals surface area (Å²) >= 11 is 0. The number of hydrogen-bond donors (Lipinski definition) is 2. The first-order valence-electron chi connectivity index (χ1n) is 11.4. The second-order valence-corrected chi connectivity index (χ2v) is 7.69. The van der Waals surface area contributed by atoms with Crippen LogP contribution in [-0.2, 0) is 14.3 Å². The van der Waals surface area contributed by atoms with Crippen LogP contribution in [0.1, 0.15) is 52.4 Å². The van der Waals surface area contributed by atoms with Gasteiger partial charge in [0.1, 0.15) is 6.54 Å². The first-order valence-corrected chi connectivity index (χ1v) is 11.4. The van der Waals surface area contributed by atoms with Crippen molar-refractivity contribution in [3.8, 4) is 0 Å². The average molecular weight is 433 g/mol. The summed E-state index contributed by atoms with van der Waals surface area (Å²) in [6.45, 7) is 7.11. The van der Waals surface area contributed by atoms with Crippen LogP contribution in [0.2, 0.25) is 0 Å². The van der Waals surface area contributed by atoms with Crippen LogP contribution in [0.15, 0.2) is 24.3 Å². The summed E-state index contributed by atoms with van der Waals surface area (Å²) in [5.74, 6) is -0.202. The van der Waals surface area contributed by atoms with Gasteiger partial charge in [0.2, 0.25) is 5.91 Å². The lowest BCUT2D eigenvalue weighted by Crippen LogP contribution is -2.48. The standard InChI is InChI=1S/C23H36N4O4/c1-3-5-6-7-8-9-21(28)27-16-14-26(15-17-27)20-12-10-19(11-13-20)25-23(30)24-18-22(29)31-4-2/h10-13H,3-9,14-18H2,1-2H3,(H2,24,25,30). The predicted octanol–water partition coefficient (Wildman–Crippen LogP) is 3.38. The van der Waals surface area contributed by atoms with E-state index in [1.165, 1.54) is 19.3 Å². The lowest BCUT2D eigenvalue weighted by molar-refractivity contribution is -0.141. The SMILES string of the molecule is CCCCCCCC(=O)N1CCN(c2ccc(NC(=O)NCC(=O)OCC)cc2)CC1. The zero-order valence-corrected chi connectivity index (χ0v) is 18.8. The van der Waals surface area contributed by atoms with E-state index in [1.54, 1.807) is 6.92 Å². The molecule has 8 heteroatoms. The lowest BCUT2D eigenvalue weighted by Gasteiger charge is -2.36. The van der Waals surface area contributed by atoms with Gasteiger partial charge in [0.15, 0.2) is 0 Å². The largest absolute Gasteiger partial charge is 0.465 e. The molecule has 8 nitrogen and oxygen atoms in total. The van der Waals surface area contributed by atoms with E-state index in [2.05, 4.69) is 22.5 Å². The second-order valence-electron chi connectivity index (χ2n) is 7.69. The van der Waals surface area contributed by atoms with Gasteiger partial charge in [-0.2, -0.15) is 0 Å². The first-order chi connectivity index (χ1) is 15.0. The number of urea groups is 1. The third kappa shape index (κ3) is 8.86. The van der Waals surface area contributed by atoms with Crippen molar-refractivity contribution in [2.75, 3.05) is 49.5 Å². The Bertz CT molecular complexity index is 700. The number of anilines is 2. The summed E-state index contributed by atoms with van der Waals surface area (Å²) in [7, 11) is 0. The molecule has 1 aliphatic heterocycles. The van der Waals surface area contributed by atoms with Crippen molar-refractivity contribution in [3.63, 3.8) is 0 Å². The molecular weight excluding hydrogens is 396 g/mol. The molecule has 0 radical (unpaired) electrons. The van der Waals surface area contributed by atoms with Gasteiger partial charge >= 0.3 is 12.0 Å². The van der Waals surface area contributed by atoms with Crippen molar-refractivity contribution in [2.24, 2.45) is 0 Å². The molecule has 31 heavy (non-hydrogen) atoms. The molecule has 172 valence electrons. The molecule has 0 atom stereocenters. The summed E-state index contributed by atoms with van der Waals surface area (Å²) in [5, 5.41) is 5.16. The topological polar surface area (TPSA) is 91.0 Å². The lowest BCUT2D eigenvalue weighted by atomic mass is 10.1. The van der Waals surface area contributed by atoms with Crippen LogP contribution in [0.4, 0.5) is 16.2 Å². The zero-order chi connectivity index (χ0) is 22.5. The van der Waals surface area contributed by atoms with Gasteiger partial charge < -0.3 is 25.2 Å². The quantitative estimate of drug-likeness (QED) is 0.413. The zero-order valence-electron chi connectivity index (χ0n) is 18.8. The van der Waals surface area contributed by atoms with Crippen molar-refractivity contribution < 1.29 is 19.1 Å². The number of rotatable bonds is 11. The van der Waals surface area contributed by atoms with Crippen molar-refractivity contribution in [3.05, 3.63) is 24.3 Å². The minimum Gasteiger partial charge on any atom is -0.465 e. The molecule has 3 amide bonds. The van der Waals surface area contributed by atoms with E-state index in [-0.39, 0.29) is 19.1 Å². The number of ether oxygens (including phenoxy) is 1. The van der Waals surface area contributed by atoms with Gasteiger partial charge in [-0.25, -0.2) is 4.79 Å². The average Bonchev–Trinajstić information content (AvgIpc) is 2.78. The Balaban J connectivity index is 1.71. The van der Waals surface area contributed by atoms with E-state index in [1.807, 2.05) is 29.2 Å². The Labute approximate surface area is 185 Å². The Morgan fingerprint density at radius 1 is 0.935 bits per heavy atom. The van der Waals surface area contributed by atoms with Crippen LogP contribution >= 0.6 is 0 Å². The van der Waals surface area contributed by atoms with Gasteiger partial charge in [-0.1, -0.05) is 32.6 Å². The summed E-state index contributed by atoms with van der Waals surface area (Å²) in [5.41, 5.74) is 1.70. The molecule has 0 aliphatic carbocycles. The molecule has 1 aliphatic rings. The number of carbonyl (C=O) groups is 3. The number of unbranched alkanes of at least 4 members (excludes halogenated alkanes) is 4. The molecular formula is C23H36N4O4. The van der Waals surface area contributed by atoms with E-state index < -0.39 is 12.0 Å². The normalized spacial score (nSPS) is 13.6. The Morgan fingerprint density at radius 2 is 1.61 bits per heavy atom. The highest BCUT2D eigenvalue weighted by Crippen LogP contribution is 2.20. The fourth-order valence-electron chi connectivity index (χ4n) is 3.55. The molecule has 1 aromatic rings. The third-order valence-electron chi connectivity index (χ3n) is 5.32. The van der Waals surface area contributed by atoms with E-state index in [0.29, 0.717) is 12.1 Å². The van der Waals surface area contributed by atoms with Crippen molar-refractivity contribution in [2.45, 2.75) is 52.4 Å². The van der Waals surface area contributed by atoms with Gasteiger partial charge in [0.25, 0.3) is 0 Å². The maximum atomic E-state index is 12.4. The van der Waals surface area contributed by atoms with E-state index in [0.717, 1.165) is 44.7 Å². The second kappa shape index (κ2) is 13.5. The Hall–Kier alpha value is -2.77. The molecule has 0 saturated carbocycles. The van der Waals surface area contributed by atoms with E-state index in [9.17, 15) is 14.4 Å². The van der Waals surface area contributed by atoms with Crippen LogP contribution in [-0.4, -0.2) is 62.1 Å². The molecule has 0 unspecified atom stereocenters. The van der Waals surface area contributed by atoms with Crippen LogP contribution in [0.3, 0.4) is 0 Å². The van der Waals surface area contributed by atoms with Crippen LogP contribution in [0.5, 0.6) is 0 Å². The van der Waals surface area contributed by atoms with Crippen molar-refractivity contribution >= 4 is 29.3 Å². The molecule has 0 bridgehead atoms. The fraction of sp³-hybridized carbons (Fsp3) is 0.609. The summed E-state index contributed by atoms with van der Waals surface area (Å²) in [6, 6.07) is 7.10. The summed E-state index contributed by atoms with van der Waals surface area (Å²) < 4.78 is 4.77. The summed E-state index contributed by atoms with van der Waals surface area (Å²) in [4.78, 5) is 39.7. The highest BCUT2D eigenvalue weighted by atomic mass is 16.5. The van der Waals surface area contributed by atoms with Gasteiger partial charge in [0.05, 0.1) is 6.61 Å². The first kappa shape index (κ1) is 24.5. The van der Waals surface area contributed by atoms with Gasteiger partial charge in [-0.05, 0) is 37.6 Å². The number of piperazine rings is 1. The van der Waals surface area contributed by atoms with E-state index >= 15 is 0 Å². The maximum absolute atomic E-state index is 12.4. The number of nitrogens with one attached hydrogen (secondary N) is 2. The third-order valence-corrected chi connectivity index (χ3v) is 5.32. The molecule has 1 saturated heterocycles. The number of benzene rings is 1. The molecule has 2 rings (SSSR count). The Kier molecular flexibility index (Phi) is 10.7. The van der Waals surface area contributed by atoms with Gasteiger partial charge in [0, 0.05) is 44.0 Å². The number of amides is 3. The predicted molar refractivity (Wildman–Crippen MR) is 122 cm³/mol.